The van der Waals surface area contributed by atoms with Gasteiger partial charge in [0.25, 0.3) is 0 Å². The van der Waals surface area contributed by atoms with Crippen LogP contribution in [-0.2, 0) is 9.53 Å². The van der Waals surface area contributed by atoms with Gasteiger partial charge in [-0.15, -0.1) is 0 Å². The van der Waals surface area contributed by atoms with E-state index in [0.717, 1.165) is 25.9 Å². The Kier molecular flexibility index (Phi) is 4.90. The first-order chi connectivity index (χ1) is 6.74. The molecule has 1 aliphatic rings. The molecule has 1 saturated heterocycles. The molecule has 1 unspecified atom stereocenters. The number of piperidine rings is 1. The SMILES string of the molecule is CCOC(=O)C[C@H](N)C1CCCNC1. The normalized spacial score (nSPS) is 24.3. The topological polar surface area (TPSA) is 64.3 Å². The van der Waals surface area contributed by atoms with Gasteiger partial charge in [-0.05, 0) is 38.8 Å². The van der Waals surface area contributed by atoms with E-state index in [1.807, 2.05) is 6.92 Å². The first kappa shape index (κ1) is 11.5. The summed E-state index contributed by atoms with van der Waals surface area (Å²) in [5, 5.41) is 3.29. The van der Waals surface area contributed by atoms with E-state index in [4.69, 9.17) is 10.5 Å². The molecule has 0 aliphatic carbocycles. The second-order valence-corrected chi connectivity index (χ2v) is 3.78. The fourth-order valence-corrected chi connectivity index (χ4v) is 1.82. The van der Waals surface area contributed by atoms with Crippen LogP contribution in [0.1, 0.15) is 26.2 Å². The molecule has 0 aromatic heterocycles. The van der Waals surface area contributed by atoms with Crippen molar-refractivity contribution in [2.45, 2.75) is 32.2 Å². The Labute approximate surface area is 85.2 Å². The highest BCUT2D eigenvalue weighted by Crippen LogP contribution is 2.15. The van der Waals surface area contributed by atoms with E-state index in [0.29, 0.717) is 18.9 Å². The molecule has 0 aromatic rings. The number of rotatable bonds is 4. The number of nitrogens with one attached hydrogen (secondary N) is 1. The quantitative estimate of drug-likeness (QED) is 0.639. The zero-order valence-corrected chi connectivity index (χ0v) is 8.79. The summed E-state index contributed by atoms with van der Waals surface area (Å²) >= 11 is 0. The predicted octanol–water partition coefficient (Wildman–Crippen LogP) is 0.267. The van der Waals surface area contributed by atoms with Crippen LogP contribution in [0, 0.1) is 5.92 Å². The second kappa shape index (κ2) is 5.98. The highest BCUT2D eigenvalue weighted by Gasteiger charge is 2.22. The van der Waals surface area contributed by atoms with E-state index >= 15 is 0 Å². The van der Waals surface area contributed by atoms with E-state index in [9.17, 15) is 4.79 Å². The second-order valence-electron chi connectivity index (χ2n) is 3.78. The lowest BCUT2D eigenvalue weighted by Gasteiger charge is -2.27. The molecule has 3 N–H and O–H groups in total. The number of hydrogen-bond acceptors (Lipinski definition) is 4. The molecule has 1 rings (SSSR count). The highest BCUT2D eigenvalue weighted by molar-refractivity contribution is 5.70. The van der Waals surface area contributed by atoms with E-state index in [1.54, 1.807) is 0 Å². The summed E-state index contributed by atoms with van der Waals surface area (Å²) in [6.07, 6.45) is 2.62. The van der Waals surface area contributed by atoms with Crippen LogP contribution in [0.5, 0.6) is 0 Å². The smallest absolute Gasteiger partial charge is 0.307 e. The van der Waals surface area contributed by atoms with Crippen LogP contribution in [-0.4, -0.2) is 31.7 Å². The van der Waals surface area contributed by atoms with Crippen molar-refractivity contribution in [2.24, 2.45) is 11.7 Å². The summed E-state index contributed by atoms with van der Waals surface area (Å²) in [4.78, 5) is 11.2. The van der Waals surface area contributed by atoms with Gasteiger partial charge in [0.2, 0.25) is 0 Å². The minimum absolute atomic E-state index is 0.0538. The molecular weight excluding hydrogens is 180 g/mol. The third kappa shape index (κ3) is 3.64. The number of carbonyl (C=O) groups excluding carboxylic acids is 1. The molecule has 1 aliphatic heterocycles. The molecule has 0 aromatic carbocycles. The molecule has 82 valence electrons. The average Bonchev–Trinajstić information content (AvgIpc) is 2.19. The van der Waals surface area contributed by atoms with Crippen LogP contribution >= 0.6 is 0 Å². The van der Waals surface area contributed by atoms with E-state index in [1.165, 1.54) is 0 Å². The molecule has 4 nitrogen and oxygen atoms in total. The Morgan fingerprint density at radius 1 is 1.71 bits per heavy atom. The van der Waals surface area contributed by atoms with Crippen molar-refractivity contribution >= 4 is 5.97 Å². The van der Waals surface area contributed by atoms with E-state index < -0.39 is 0 Å². The lowest BCUT2D eigenvalue weighted by molar-refractivity contribution is -0.143. The van der Waals surface area contributed by atoms with Gasteiger partial charge in [0.1, 0.15) is 0 Å². The van der Waals surface area contributed by atoms with Crippen molar-refractivity contribution in [3.8, 4) is 0 Å². The maximum Gasteiger partial charge on any atom is 0.307 e. The van der Waals surface area contributed by atoms with Crippen molar-refractivity contribution in [1.29, 1.82) is 0 Å². The first-order valence-electron chi connectivity index (χ1n) is 5.36. The summed E-state index contributed by atoms with van der Waals surface area (Å²) in [6.45, 7) is 4.25. The maximum absolute atomic E-state index is 11.2. The van der Waals surface area contributed by atoms with Gasteiger partial charge in [0.05, 0.1) is 13.0 Å². The molecule has 0 saturated carbocycles. The predicted molar refractivity (Wildman–Crippen MR) is 54.8 cm³/mol. The number of nitrogens with two attached hydrogens (primary N) is 1. The van der Waals surface area contributed by atoms with Crippen molar-refractivity contribution in [2.75, 3.05) is 19.7 Å². The summed E-state index contributed by atoms with van der Waals surface area (Å²) in [7, 11) is 0. The van der Waals surface area contributed by atoms with Crippen LogP contribution in [0.4, 0.5) is 0 Å². The van der Waals surface area contributed by atoms with Crippen LogP contribution in [0.15, 0.2) is 0 Å². The standard InChI is InChI=1S/C10H20N2O2/c1-2-14-10(13)6-9(11)8-4-3-5-12-7-8/h8-9,12H,2-7,11H2,1H3/t8?,9-/m0/s1. The zero-order valence-electron chi connectivity index (χ0n) is 8.79. The number of esters is 1. The Morgan fingerprint density at radius 2 is 2.50 bits per heavy atom. The largest absolute Gasteiger partial charge is 0.466 e. The monoisotopic (exact) mass is 200 g/mol. The molecule has 0 amide bonds. The molecule has 14 heavy (non-hydrogen) atoms. The van der Waals surface area contributed by atoms with Gasteiger partial charge in [0, 0.05) is 6.04 Å². The number of ether oxygens (including phenoxy) is 1. The van der Waals surface area contributed by atoms with Gasteiger partial charge in [-0.25, -0.2) is 0 Å². The molecule has 0 spiro atoms. The molecule has 4 heteroatoms. The summed E-state index contributed by atoms with van der Waals surface area (Å²) in [5.41, 5.74) is 5.94. The Morgan fingerprint density at radius 3 is 3.07 bits per heavy atom. The fraction of sp³-hybridized carbons (Fsp3) is 0.900. The van der Waals surface area contributed by atoms with Crippen LogP contribution in [0.2, 0.25) is 0 Å². The summed E-state index contributed by atoms with van der Waals surface area (Å²) in [6, 6.07) is -0.0538. The lowest BCUT2D eigenvalue weighted by atomic mass is 9.90. The molecular formula is C10H20N2O2. The maximum atomic E-state index is 11.2. The average molecular weight is 200 g/mol. The minimum atomic E-state index is -0.175. The van der Waals surface area contributed by atoms with Gasteiger partial charge in [0.15, 0.2) is 0 Å². The van der Waals surface area contributed by atoms with E-state index in [-0.39, 0.29) is 12.0 Å². The molecule has 0 bridgehead atoms. The van der Waals surface area contributed by atoms with Crippen molar-refractivity contribution in [1.82, 2.24) is 5.32 Å². The van der Waals surface area contributed by atoms with Gasteiger partial charge >= 0.3 is 5.97 Å². The highest BCUT2D eigenvalue weighted by atomic mass is 16.5. The summed E-state index contributed by atoms with van der Waals surface area (Å²) < 4.78 is 4.86. The number of hydrogen-bond donors (Lipinski definition) is 2. The lowest BCUT2D eigenvalue weighted by Crippen LogP contribution is -2.42. The van der Waals surface area contributed by atoms with Crippen LogP contribution < -0.4 is 11.1 Å². The zero-order chi connectivity index (χ0) is 10.4. The Hall–Kier alpha value is -0.610. The van der Waals surface area contributed by atoms with Gasteiger partial charge in [-0.1, -0.05) is 0 Å². The number of carbonyl (C=O) groups is 1. The van der Waals surface area contributed by atoms with Gasteiger partial charge < -0.3 is 15.8 Å². The Bertz CT molecular complexity index is 179. The molecule has 1 fully saturated rings. The van der Waals surface area contributed by atoms with Crippen LogP contribution in [0.25, 0.3) is 0 Å². The third-order valence-electron chi connectivity index (χ3n) is 2.65. The summed E-state index contributed by atoms with van der Waals surface area (Å²) in [5.74, 6) is 0.249. The molecule has 2 atom stereocenters. The van der Waals surface area contributed by atoms with Crippen LogP contribution in [0.3, 0.4) is 0 Å². The Balaban J connectivity index is 2.25. The minimum Gasteiger partial charge on any atom is -0.466 e. The molecule has 0 radical (unpaired) electrons. The van der Waals surface area contributed by atoms with Crippen molar-refractivity contribution < 1.29 is 9.53 Å². The van der Waals surface area contributed by atoms with Gasteiger partial charge in [-0.3, -0.25) is 4.79 Å². The van der Waals surface area contributed by atoms with Crippen molar-refractivity contribution in [3.63, 3.8) is 0 Å². The first-order valence-corrected chi connectivity index (χ1v) is 5.36. The molecule has 1 heterocycles. The fourth-order valence-electron chi connectivity index (χ4n) is 1.82. The van der Waals surface area contributed by atoms with Gasteiger partial charge in [-0.2, -0.15) is 0 Å². The van der Waals surface area contributed by atoms with Crippen molar-refractivity contribution in [3.05, 3.63) is 0 Å². The third-order valence-corrected chi connectivity index (χ3v) is 2.65. The van der Waals surface area contributed by atoms with E-state index in [2.05, 4.69) is 5.32 Å².